The summed E-state index contributed by atoms with van der Waals surface area (Å²) < 4.78 is 0. The summed E-state index contributed by atoms with van der Waals surface area (Å²) in [7, 11) is 4.06. The van der Waals surface area contributed by atoms with Crippen LogP contribution in [0.3, 0.4) is 0 Å². The lowest BCUT2D eigenvalue weighted by Crippen LogP contribution is -2.08. The lowest BCUT2D eigenvalue weighted by Gasteiger charge is -2.12. The highest BCUT2D eigenvalue weighted by molar-refractivity contribution is 5.60. The predicted molar refractivity (Wildman–Crippen MR) is 89.8 cm³/mol. The number of rotatable bonds is 4. The maximum atomic E-state index is 5.80. The minimum absolute atomic E-state index is 0.673. The normalized spacial score (nSPS) is 10.6. The van der Waals surface area contributed by atoms with Gasteiger partial charge < -0.3 is 10.6 Å². The van der Waals surface area contributed by atoms with E-state index < -0.39 is 0 Å². The number of benzene rings is 2. The number of nitrogen functional groups attached to an aromatic ring is 1. The quantitative estimate of drug-likeness (QED) is 0.726. The van der Waals surface area contributed by atoms with Crippen LogP contribution in [0.4, 0.5) is 11.4 Å². The number of nitrogens with zero attached hydrogens (tertiary/aromatic N) is 3. The van der Waals surface area contributed by atoms with Crippen molar-refractivity contribution in [2.45, 2.75) is 6.42 Å². The third-order valence-corrected chi connectivity index (χ3v) is 3.50. The van der Waals surface area contributed by atoms with Gasteiger partial charge in [-0.25, -0.2) is 4.98 Å². The molecule has 2 aromatic carbocycles. The van der Waals surface area contributed by atoms with Crippen LogP contribution >= 0.6 is 0 Å². The number of aromatic amines is 1. The average Bonchev–Trinajstić information content (AvgIpc) is 2.96. The lowest BCUT2D eigenvalue weighted by molar-refractivity contribution is 0.972. The van der Waals surface area contributed by atoms with Crippen LogP contribution in [0.15, 0.2) is 48.5 Å². The largest absolute Gasteiger partial charge is 0.399 e. The monoisotopic (exact) mass is 293 g/mol. The number of aromatic nitrogens is 3. The molecule has 3 rings (SSSR count). The second-order valence-electron chi connectivity index (χ2n) is 5.47. The van der Waals surface area contributed by atoms with Crippen molar-refractivity contribution in [1.82, 2.24) is 15.2 Å². The number of H-pyrrole nitrogens is 1. The van der Waals surface area contributed by atoms with E-state index in [0.29, 0.717) is 11.5 Å². The summed E-state index contributed by atoms with van der Waals surface area (Å²) in [4.78, 5) is 6.62. The van der Waals surface area contributed by atoms with E-state index in [-0.39, 0.29) is 0 Å². The van der Waals surface area contributed by atoms with Gasteiger partial charge in [0.25, 0.3) is 0 Å². The summed E-state index contributed by atoms with van der Waals surface area (Å²) in [6.45, 7) is 0. The Labute approximate surface area is 129 Å². The Hall–Kier alpha value is -2.82. The molecule has 3 N–H and O–H groups in total. The van der Waals surface area contributed by atoms with Gasteiger partial charge in [0.2, 0.25) is 0 Å². The van der Waals surface area contributed by atoms with Crippen molar-refractivity contribution in [1.29, 1.82) is 0 Å². The van der Waals surface area contributed by atoms with Gasteiger partial charge in [-0.15, -0.1) is 0 Å². The Morgan fingerprint density at radius 2 is 1.86 bits per heavy atom. The molecule has 22 heavy (non-hydrogen) atoms. The first-order valence-corrected chi connectivity index (χ1v) is 7.15. The van der Waals surface area contributed by atoms with Gasteiger partial charge in [-0.3, -0.25) is 5.10 Å². The summed E-state index contributed by atoms with van der Waals surface area (Å²) in [5.41, 5.74) is 9.81. The van der Waals surface area contributed by atoms with Gasteiger partial charge in [0.15, 0.2) is 5.82 Å². The highest BCUT2D eigenvalue weighted by atomic mass is 15.2. The van der Waals surface area contributed by atoms with E-state index in [4.69, 9.17) is 5.73 Å². The van der Waals surface area contributed by atoms with Gasteiger partial charge in [0, 0.05) is 37.5 Å². The molecule has 0 aliphatic heterocycles. The fraction of sp³-hybridized carbons (Fsp3) is 0.176. The summed E-state index contributed by atoms with van der Waals surface area (Å²) in [6, 6.07) is 16.0. The van der Waals surface area contributed by atoms with Crippen LogP contribution in [-0.2, 0) is 6.42 Å². The van der Waals surface area contributed by atoms with Gasteiger partial charge in [0.1, 0.15) is 5.82 Å². The van der Waals surface area contributed by atoms with Crippen LogP contribution < -0.4 is 10.6 Å². The minimum atomic E-state index is 0.673. The fourth-order valence-corrected chi connectivity index (χ4v) is 2.29. The van der Waals surface area contributed by atoms with E-state index in [2.05, 4.69) is 44.3 Å². The molecule has 0 radical (unpaired) electrons. The van der Waals surface area contributed by atoms with Crippen LogP contribution in [0, 0.1) is 0 Å². The summed E-state index contributed by atoms with van der Waals surface area (Å²) >= 11 is 0. The third kappa shape index (κ3) is 3.09. The van der Waals surface area contributed by atoms with Gasteiger partial charge in [0.05, 0.1) is 0 Å². The van der Waals surface area contributed by atoms with Crippen LogP contribution in [0.5, 0.6) is 0 Å². The zero-order valence-corrected chi connectivity index (χ0v) is 12.7. The maximum absolute atomic E-state index is 5.80. The number of nitrogens with one attached hydrogen (secondary N) is 1. The smallest absolute Gasteiger partial charge is 0.181 e. The van der Waals surface area contributed by atoms with Crippen LogP contribution in [-0.4, -0.2) is 29.3 Å². The molecule has 0 bridgehead atoms. The predicted octanol–water partition coefficient (Wildman–Crippen LogP) is 2.71. The summed E-state index contributed by atoms with van der Waals surface area (Å²) in [6.07, 6.45) is 0.725. The lowest BCUT2D eigenvalue weighted by atomic mass is 10.1. The highest BCUT2D eigenvalue weighted by Gasteiger charge is 2.07. The maximum Gasteiger partial charge on any atom is 0.181 e. The van der Waals surface area contributed by atoms with E-state index in [1.54, 1.807) is 0 Å². The van der Waals surface area contributed by atoms with Crippen molar-refractivity contribution in [3.8, 4) is 11.4 Å². The van der Waals surface area contributed by atoms with Crippen molar-refractivity contribution in [3.05, 3.63) is 59.9 Å². The van der Waals surface area contributed by atoms with Gasteiger partial charge in [-0.1, -0.05) is 24.3 Å². The molecule has 112 valence electrons. The molecule has 5 nitrogen and oxygen atoms in total. The zero-order valence-electron chi connectivity index (χ0n) is 12.7. The zero-order chi connectivity index (χ0) is 15.5. The number of hydrogen-bond donors (Lipinski definition) is 2. The van der Waals surface area contributed by atoms with Crippen molar-refractivity contribution >= 4 is 11.4 Å². The van der Waals surface area contributed by atoms with Gasteiger partial charge >= 0.3 is 0 Å². The summed E-state index contributed by atoms with van der Waals surface area (Å²) in [5, 5.41) is 7.27. The minimum Gasteiger partial charge on any atom is -0.399 e. The number of hydrogen-bond acceptors (Lipinski definition) is 4. The Kier molecular flexibility index (Phi) is 3.78. The molecule has 0 atom stereocenters. The molecule has 0 unspecified atom stereocenters. The Morgan fingerprint density at radius 3 is 2.55 bits per heavy atom. The van der Waals surface area contributed by atoms with E-state index in [0.717, 1.165) is 17.8 Å². The van der Waals surface area contributed by atoms with Gasteiger partial charge in [-0.05, 0) is 29.8 Å². The standard InChI is InChI=1S/C17H19N5/c1-22(2)15-8-6-12(7-9-15)10-16-19-17(21-20-16)13-4-3-5-14(18)11-13/h3-9,11H,10,18H2,1-2H3,(H,19,20,21). The fourth-order valence-electron chi connectivity index (χ4n) is 2.29. The number of nitrogens with two attached hydrogens (primary N) is 1. The van der Waals surface area contributed by atoms with Crippen LogP contribution in [0.25, 0.3) is 11.4 Å². The molecule has 0 amide bonds. The van der Waals surface area contributed by atoms with Crippen molar-refractivity contribution < 1.29 is 0 Å². The Morgan fingerprint density at radius 1 is 1.09 bits per heavy atom. The molecular weight excluding hydrogens is 274 g/mol. The molecule has 0 aliphatic carbocycles. The van der Waals surface area contributed by atoms with Crippen LogP contribution in [0.1, 0.15) is 11.4 Å². The molecule has 0 fully saturated rings. The Bertz CT molecular complexity index is 759. The van der Waals surface area contributed by atoms with E-state index in [9.17, 15) is 0 Å². The van der Waals surface area contributed by atoms with Crippen LogP contribution in [0.2, 0.25) is 0 Å². The number of anilines is 2. The summed E-state index contributed by atoms with van der Waals surface area (Å²) in [5.74, 6) is 1.52. The van der Waals surface area contributed by atoms with E-state index in [1.165, 1.54) is 11.3 Å². The molecule has 0 spiro atoms. The third-order valence-electron chi connectivity index (χ3n) is 3.50. The van der Waals surface area contributed by atoms with E-state index in [1.807, 2.05) is 38.4 Å². The molecule has 0 aliphatic rings. The Balaban J connectivity index is 1.77. The van der Waals surface area contributed by atoms with Crippen molar-refractivity contribution in [2.24, 2.45) is 0 Å². The highest BCUT2D eigenvalue weighted by Crippen LogP contribution is 2.19. The van der Waals surface area contributed by atoms with Crippen molar-refractivity contribution in [3.63, 3.8) is 0 Å². The molecule has 1 heterocycles. The topological polar surface area (TPSA) is 70.8 Å². The first kappa shape index (κ1) is 14.1. The molecule has 5 heteroatoms. The molecule has 3 aromatic rings. The van der Waals surface area contributed by atoms with Gasteiger partial charge in [-0.2, -0.15) is 5.10 Å². The molecular formula is C17H19N5. The second-order valence-corrected chi connectivity index (χ2v) is 5.47. The average molecular weight is 293 g/mol. The first-order valence-electron chi connectivity index (χ1n) is 7.15. The SMILES string of the molecule is CN(C)c1ccc(Cc2nc(-c3cccc(N)c3)n[nH]2)cc1. The van der Waals surface area contributed by atoms with Crippen molar-refractivity contribution in [2.75, 3.05) is 24.7 Å². The molecule has 0 saturated heterocycles. The first-order chi connectivity index (χ1) is 10.6. The van der Waals surface area contributed by atoms with E-state index >= 15 is 0 Å². The molecule has 1 aromatic heterocycles. The second kappa shape index (κ2) is 5.89. The molecule has 0 saturated carbocycles.